The van der Waals surface area contributed by atoms with Crippen molar-refractivity contribution in [2.75, 3.05) is 20.8 Å². The summed E-state index contributed by atoms with van der Waals surface area (Å²) in [7, 11) is 3.12. The Bertz CT molecular complexity index is 1040. The van der Waals surface area contributed by atoms with E-state index in [-0.39, 0.29) is 19.1 Å². The van der Waals surface area contributed by atoms with E-state index < -0.39 is 11.9 Å². The molecule has 1 unspecified atom stereocenters. The first-order valence-electron chi connectivity index (χ1n) is 9.53. The number of carbonyl (C=O) groups is 2. The Kier molecular flexibility index (Phi) is 7.55. The predicted octanol–water partition coefficient (Wildman–Crippen LogP) is 3.19. The van der Waals surface area contributed by atoms with Gasteiger partial charge in [-0.15, -0.1) is 11.3 Å². The maximum absolute atomic E-state index is 12.2. The maximum atomic E-state index is 12.2. The van der Waals surface area contributed by atoms with Crippen LogP contribution in [0.4, 0.5) is 0 Å². The third-order valence-electron chi connectivity index (χ3n) is 4.41. The number of aromatic nitrogens is 2. The number of ether oxygens (including phenoxy) is 3. The van der Waals surface area contributed by atoms with Crippen LogP contribution < -0.4 is 14.8 Å². The van der Waals surface area contributed by atoms with Crippen molar-refractivity contribution in [3.63, 3.8) is 0 Å². The molecule has 0 radical (unpaired) electrons. The molecule has 0 aliphatic heterocycles. The average molecular weight is 442 g/mol. The highest BCUT2D eigenvalue weighted by molar-refractivity contribution is 7.13. The molecule has 2 aromatic heterocycles. The topological polar surface area (TPSA) is 99.6 Å². The van der Waals surface area contributed by atoms with Gasteiger partial charge in [0.1, 0.15) is 16.5 Å². The Balaban J connectivity index is 1.51. The van der Waals surface area contributed by atoms with Gasteiger partial charge >= 0.3 is 5.97 Å². The van der Waals surface area contributed by atoms with Crippen molar-refractivity contribution in [3.05, 3.63) is 59.2 Å². The minimum absolute atomic E-state index is 0.0180. The normalized spacial score (nSPS) is 11.5. The molecule has 1 amide bonds. The van der Waals surface area contributed by atoms with Crippen molar-refractivity contribution in [1.82, 2.24) is 15.3 Å². The minimum atomic E-state index is -0.528. The molecule has 0 saturated heterocycles. The summed E-state index contributed by atoms with van der Waals surface area (Å²) in [6.45, 7) is 1.43. The fourth-order valence-electron chi connectivity index (χ4n) is 2.88. The van der Waals surface area contributed by atoms with Gasteiger partial charge in [0.05, 0.1) is 38.1 Å². The number of pyridine rings is 1. The fourth-order valence-corrected chi connectivity index (χ4v) is 3.67. The summed E-state index contributed by atoms with van der Waals surface area (Å²) in [5.41, 5.74) is 2.07. The van der Waals surface area contributed by atoms with Crippen LogP contribution in [-0.2, 0) is 20.7 Å². The van der Waals surface area contributed by atoms with Gasteiger partial charge in [-0.05, 0) is 37.3 Å². The van der Waals surface area contributed by atoms with Crippen LogP contribution in [0.3, 0.4) is 0 Å². The molecular weight excluding hydrogens is 418 g/mol. The number of nitrogens with one attached hydrogen (secondary N) is 1. The number of esters is 1. The van der Waals surface area contributed by atoms with Crippen LogP contribution >= 0.6 is 11.3 Å². The average Bonchev–Trinajstić information content (AvgIpc) is 3.26. The number of benzene rings is 1. The van der Waals surface area contributed by atoms with Gasteiger partial charge in [-0.3, -0.25) is 14.6 Å². The van der Waals surface area contributed by atoms with Gasteiger partial charge in [-0.2, -0.15) is 0 Å². The second-order valence-electron chi connectivity index (χ2n) is 6.59. The third-order valence-corrected chi connectivity index (χ3v) is 5.32. The van der Waals surface area contributed by atoms with E-state index in [4.69, 9.17) is 14.2 Å². The molecule has 0 fully saturated rings. The van der Waals surface area contributed by atoms with Gasteiger partial charge in [0.25, 0.3) is 5.91 Å². The molecule has 3 rings (SSSR count). The Morgan fingerprint density at radius 2 is 2.00 bits per heavy atom. The minimum Gasteiger partial charge on any atom is -0.497 e. The highest BCUT2D eigenvalue weighted by Crippen LogP contribution is 2.29. The lowest BCUT2D eigenvalue weighted by molar-refractivity contribution is -0.148. The summed E-state index contributed by atoms with van der Waals surface area (Å²) < 4.78 is 15.7. The Hall–Kier alpha value is -3.46. The van der Waals surface area contributed by atoms with E-state index >= 15 is 0 Å². The molecule has 1 atom stereocenters. The molecule has 2 heterocycles. The van der Waals surface area contributed by atoms with Gasteiger partial charge in [-0.25, -0.2) is 4.98 Å². The number of rotatable bonds is 9. The highest BCUT2D eigenvalue weighted by atomic mass is 32.1. The fraction of sp³-hybridized carbons (Fsp3) is 0.273. The molecule has 1 N–H and O–H groups in total. The number of thiazole rings is 1. The van der Waals surface area contributed by atoms with Crippen LogP contribution in [0.2, 0.25) is 0 Å². The molecule has 0 spiro atoms. The van der Waals surface area contributed by atoms with Crippen LogP contribution in [0.25, 0.3) is 10.7 Å². The summed E-state index contributed by atoms with van der Waals surface area (Å²) in [5, 5.41) is 5.30. The molecule has 9 heteroatoms. The molecule has 0 aliphatic rings. The van der Waals surface area contributed by atoms with E-state index in [2.05, 4.69) is 15.3 Å². The largest absolute Gasteiger partial charge is 0.497 e. The first-order valence-corrected chi connectivity index (χ1v) is 10.4. The number of hydrogen-bond acceptors (Lipinski definition) is 8. The molecule has 31 heavy (non-hydrogen) atoms. The molecule has 1 aromatic carbocycles. The van der Waals surface area contributed by atoms with Crippen LogP contribution in [0.5, 0.6) is 11.5 Å². The van der Waals surface area contributed by atoms with Crippen molar-refractivity contribution < 1.29 is 23.8 Å². The first kappa shape index (κ1) is 22.2. The summed E-state index contributed by atoms with van der Waals surface area (Å²) in [6.07, 6.45) is 1.67. The number of carbonyl (C=O) groups excluding carboxylic acids is 2. The number of amides is 1. The highest BCUT2D eigenvalue weighted by Gasteiger charge is 2.17. The second-order valence-corrected chi connectivity index (χ2v) is 7.45. The molecule has 3 aromatic rings. The lowest BCUT2D eigenvalue weighted by Gasteiger charge is -2.18. The number of nitrogens with zero attached hydrogens (tertiary/aromatic N) is 2. The molecule has 8 nitrogen and oxygen atoms in total. The van der Waals surface area contributed by atoms with Gasteiger partial charge in [-0.1, -0.05) is 6.07 Å². The second kappa shape index (κ2) is 10.5. The van der Waals surface area contributed by atoms with Crippen molar-refractivity contribution in [1.29, 1.82) is 0 Å². The van der Waals surface area contributed by atoms with E-state index in [1.165, 1.54) is 11.3 Å². The zero-order chi connectivity index (χ0) is 22.2. The van der Waals surface area contributed by atoms with Crippen LogP contribution in [0.15, 0.2) is 48.0 Å². The predicted molar refractivity (Wildman–Crippen MR) is 116 cm³/mol. The lowest BCUT2D eigenvalue weighted by atomic mass is 10.1. The smallest absolute Gasteiger partial charge is 0.312 e. The van der Waals surface area contributed by atoms with Gasteiger partial charge in [0.15, 0.2) is 6.61 Å². The van der Waals surface area contributed by atoms with E-state index in [0.717, 1.165) is 16.3 Å². The Morgan fingerprint density at radius 1 is 1.16 bits per heavy atom. The summed E-state index contributed by atoms with van der Waals surface area (Å²) >= 11 is 1.40. The number of hydrogen-bond donors (Lipinski definition) is 1. The first-order chi connectivity index (χ1) is 15.0. The van der Waals surface area contributed by atoms with Gasteiger partial charge in [0, 0.05) is 17.1 Å². The zero-order valence-corrected chi connectivity index (χ0v) is 18.3. The van der Waals surface area contributed by atoms with Crippen molar-refractivity contribution in [2.45, 2.75) is 19.4 Å². The molecule has 0 bridgehead atoms. The van der Waals surface area contributed by atoms with Crippen LogP contribution in [0.1, 0.15) is 24.2 Å². The zero-order valence-electron chi connectivity index (χ0n) is 17.5. The van der Waals surface area contributed by atoms with Crippen LogP contribution in [-0.4, -0.2) is 42.7 Å². The molecule has 0 saturated carbocycles. The monoisotopic (exact) mass is 441 g/mol. The third kappa shape index (κ3) is 6.02. The summed E-state index contributed by atoms with van der Waals surface area (Å²) in [5.74, 6) is 0.326. The Labute approximate surface area is 184 Å². The SMILES string of the molecule is COc1ccc(OC)c(C(C)NC(=O)COC(=O)Cc2csc(-c3ccccn3)n2)c1. The lowest BCUT2D eigenvalue weighted by Crippen LogP contribution is -2.31. The summed E-state index contributed by atoms with van der Waals surface area (Å²) in [6, 6.07) is 10.5. The summed E-state index contributed by atoms with van der Waals surface area (Å²) in [4.78, 5) is 33.0. The van der Waals surface area contributed by atoms with E-state index in [1.54, 1.807) is 44.0 Å². The Morgan fingerprint density at radius 3 is 2.71 bits per heavy atom. The van der Waals surface area contributed by atoms with Gasteiger partial charge in [0.2, 0.25) is 0 Å². The van der Waals surface area contributed by atoms with Crippen molar-refractivity contribution in [2.24, 2.45) is 0 Å². The maximum Gasteiger partial charge on any atom is 0.312 e. The van der Waals surface area contributed by atoms with E-state index in [0.29, 0.717) is 17.2 Å². The standard InChI is InChI=1S/C22H23N3O5S/c1-14(17-11-16(28-2)7-8-19(17)29-3)24-20(26)12-30-21(27)10-15-13-31-22(25-15)18-6-4-5-9-23-18/h4-9,11,13-14H,10,12H2,1-3H3,(H,24,26). The van der Waals surface area contributed by atoms with E-state index in [1.807, 2.05) is 25.1 Å². The molecule has 0 aliphatic carbocycles. The molecular formula is C22H23N3O5S. The van der Waals surface area contributed by atoms with Crippen molar-refractivity contribution in [3.8, 4) is 22.2 Å². The van der Waals surface area contributed by atoms with E-state index in [9.17, 15) is 9.59 Å². The van der Waals surface area contributed by atoms with Crippen molar-refractivity contribution >= 4 is 23.2 Å². The number of methoxy groups -OCH3 is 2. The molecule has 162 valence electrons. The van der Waals surface area contributed by atoms with Crippen LogP contribution in [0, 0.1) is 0 Å². The van der Waals surface area contributed by atoms with Gasteiger partial charge < -0.3 is 19.5 Å². The quantitative estimate of drug-likeness (QED) is 0.509.